The van der Waals surface area contributed by atoms with Gasteiger partial charge in [-0.25, -0.2) is 11.1 Å². The molecule has 0 amide bonds. The quantitative estimate of drug-likeness (QED) is 0.228. The Kier molecular flexibility index (Phi) is 12.9. The molecule has 0 bridgehead atoms. The van der Waals surface area contributed by atoms with Crippen LogP contribution < -0.4 is 0 Å². The maximum absolute atomic E-state index is 3.44. The van der Waals surface area contributed by atoms with Crippen LogP contribution >= 0.6 is 0 Å². The summed E-state index contributed by atoms with van der Waals surface area (Å²) in [6.45, 7) is 36.3. The van der Waals surface area contributed by atoms with Crippen molar-refractivity contribution in [1.29, 1.82) is 0 Å². The Labute approximate surface area is 225 Å². The third-order valence-electron chi connectivity index (χ3n) is 5.99. The second kappa shape index (κ2) is 11.7. The van der Waals surface area contributed by atoms with Crippen LogP contribution in [-0.4, -0.2) is 16.1 Å². The van der Waals surface area contributed by atoms with E-state index in [0.717, 1.165) is 0 Å². The Morgan fingerprint density at radius 3 is 0.833 bits per heavy atom. The van der Waals surface area contributed by atoms with Gasteiger partial charge in [-0.15, -0.1) is 30.0 Å². The van der Waals surface area contributed by atoms with E-state index in [1.54, 1.807) is 0 Å². The van der Waals surface area contributed by atoms with Crippen LogP contribution in [0, 0.1) is 69.5 Å². The molecule has 169 valence electrons. The Hall–Kier alpha value is 0.744. The minimum atomic E-state index is -0.856. The van der Waals surface area contributed by atoms with E-state index >= 15 is 0 Å². The molecule has 0 saturated carbocycles. The van der Waals surface area contributed by atoms with Crippen LogP contribution in [0.3, 0.4) is 0 Å². The third-order valence-corrected chi connectivity index (χ3v) is 12.9. The minimum Gasteiger partial charge on any atom is -0.327 e. The van der Waals surface area contributed by atoms with Crippen molar-refractivity contribution in [1.82, 2.24) is 0 Å². The average Bonchev–Trinajstić information content (AvgIpc) is 2.75. The molecule has 0 nitrogen and oxygen atoms in total. The van der Waals surface area contributed by atoms with Gasteiger partial charge in [-0.3, -0.25) is 12.2 Å². The molecule has 0 aromatic heterocycles. The van der Waals surface area contributed by atoms with E-state index in [1.165, 1.54) is 33.4 Å². The SMILES string of the molecule is CC1=[C-]C(C)(C)C(C)=C1C.CC1=[C-]C(C)(C)C(C)=C1C.C[Si](C)(C)[CH-][Si](C)(C)C.[Nd+3]. The summed E-state index contributed by atoms with van der Waals surface area (Å²) in [4.78, 5) is 0. The number of hydrogen-bond donors (Lipinski definition) is 0. The molecule has 2 aliphatic rings. The fourth-order valence-corrected chi connectivity index (χ4v) is 14.5. The van der Waals surface area contributed by atoms with Gasteiger partial charge in [-0.05, 0) is 0 Å². The van der Waals surface area contributed by atoms with Crippen LogP contribution in [0.2, 0.25) is 39.3 Å². The van der Waals surface area contributed by atoms with E-state index in [2.05, 4.69) is 126 Å². The smallest absolute Gasteiger partial charge is 0.327 e. The van der Waals surface area contributed by atoms with Gasteiger partial charge >= 0.3 is 40.8 Å². The van der Waals surface area contributed by atoms with Crippen molar-refractivity contribution in [2.75, 3.05) is 0 Å². The number of rotatable bonds is 2. The van der Waals surface area contributed by atoms with Crippen LogP contribution in [0.5, 0.6) is 0 Å². The van der Waals surface area contributed by atoms with Gasteiger partial charge in [0.15, 0.2) is 0 Å². The van der Waals surface area contributed by atoms with Gasteiger partial charge in [0.05, 0.1) is 0 Å². The van der Waals surface area contributed by atoms with Crippen LogP contribution in [0.15, 0.2) is 33.4 Å². The van der Waals surface area contributed by atoms with Crippen LogP contribution in [0.25, 0.3) is 0 Å². The van der Waals surface area contributed by atoms with Gasteiger partial charge in [0.2, 0.25) is 0 Å². The maximum Gasteiger partial charge on any atom is 3.00 e. The molecule has 0 spiro atoms. The molecule has 2 aliphatic carbocycles. The summed E-state index contributed by atoms with van der Waals surface area (Å²) in [5.41, 5.74) is 11.4. The topological polar surface area (TPSA) is 0 Å². The first kappa shape index (κ1) is 32.9. The van der Waals surface area contributed by atoms with Crippen molar-refractivity contribution in [3.63, 3.8) is 0 Å². The number of hydrogen-bond acceptors (Lipinski definition) is 0. The molecule has 3 heteroatoms. The molecular weight excluding hydrogens is 525 g/mol. The number of allylic oxidation sites excluding steroid dienone is 8. The normalized spacial score (nSPS) is 19.9. The Morgan fingerprint density at radius 2 is 0.800 bits per heavy atom. The van der Waals surface area contributed by atoms with Crippen molar-refractivity contribution in [2.24, 2.45) is 10.8 Å². The maximum atomic E-state index is 3.44. The summed E-state index contributed by atoms with van der Waals surface area (Å²) in [7, 11) is -1.71. The zero-order chi connectivity index (χ0) is 23.6. The van der Waals surface area contributed by atoms with Crippen molar-refractivity contribution < 1.29 is 40.8 Å². The Balaban J connectivity index is 0. The average molecular weight is 574 g/mol. The molecule has 2 rings (SSSR count). The summed E-state index contributed by atoms with van der Waals surface area (Å²) in [6, 6.07) is 0. The monoisotopic (exact) mass is 571 g/mol. The molecular formula is C27H49NdSi2. The minimum absolute atomic E-state index is 0. The molecule has 30 heavy (non-hydrogen) atoms. The summed E-state index contributed by atoms with van der Waals surface area (Å²) in [5.74, 6) is 0. The fraction of sp³-hybridized carbons (Fsp3) is 0.667. The van der Waals surface area contributed by atoms with E-state index < -0.39 is 16.1 Å². The predicted octanol–water partition coefficient (Wildman–Crippen LogP) is 9.17. The molecule has 0 aromatic carbocycles. The zero-order valence-electron chi connectivity index (χ0n) is 23.1. The van der Waals surface area contributed by atoms with Gasteiger partial charge in [0.25, 0.3) is 0 Å². The summed E-state index contributed by atoms with van der Waals surface area (Å²) in [6.07, 6.45) is 6.87. The second-order valence-electron chi connectivity index (χ2n) is 12.1. The van der Waals surface area contributed by atoms with Crippen LogP contribution in [-0.2, 0) is 0 Å². The van der Waals surface area contributed by atoms with Crippen LogP contribution in [0.4, 0.5) is 0 Å². The molecule has 0 heterocycles. The second-order valence-corrected chi connectivity index (χ2v) is 22.7. The van der Waals surface area contributed by atoms with Crippen molar-refractivity contribution in [2.45, 2.75) is 109 Å². The van der Waals surface area contributed by atoms with Gasteiger partial charge in [-0.1, -0.05) is 106 Å². The fourth-order valence-electron chi connectivity index (χ4n) is 4.11. The van der Waals surface area contributed by atoms with E-state index in [4.69, 9.17) is 0 Å². The van der Waals surface area contributed by atoms with E-state index in [0.29, 0.717) is 0 Å². The first-order valence-electron chi connectivity index (χ1n) is 11.1. The summed E-state index contributed by atoms with van der Waals surface area (Å²) in [5, 5.41) is 0. The predicted molar refractivity (Wildman–Crippen MR) is 140 cm³/mol. The van der Waals surface area contributed by atoms with Crippen molar-refractivity contribution in [3.05, 3.63) is 51.3 Å². The van der Waals surface area contributed by atoms with Gasteiger partial charge < -0.3 is 5.67 Å². The van der Waals surface area contributed by atoms with Gasteiger partial charge in [0, 0.05) is 0 Å². The first-order chi connectivity index (χ1) is 12.6. The molecule has 1 radical (unpaired) electrons. The molecule has 0 aliphatic heterocycles. The van der Waals surface area contributed by atoms with Gasteiger partial charge in [-0.2, -0.15) is 22.3 Å². The van der Waals surface area contributed by atoms with Crippen molar-refractivity contribution >= 4 is 16.1 Å². The third kappa shape index (κ3) is 11.1. The summed E-state index contributed by atoms with van der Waals surface area (Å²) >= 11 is 0. The van der Waals surface area contributed by atoms with E-state index in [-0.39, 0.29) is 51.7 Å². The van der Waals surface area contributed by atoms with E-state index in [1.807, 2.05) is 0 Å². The largest absolute Gasteiger partial charge is 3.00 e. The zero-order valence-corrected chi connectivity index (χ0v) is 28.3. The van der Waals surface area contributed by atoms with Crippen molar-refractivity contribution in [3.8, 4) is 0 Å². The summed E-state index contributed by atoms with van der Waals surface area (Å²) < 4.78 is 0. The standard InChI is InChI=1S/2C10H15.C7H19Si2.Nd/c2*1-7-6-10(4,5)9(3)8(7)2;1-8(2,3)7-9(4,5)6;/h2*1-5H3;7H,1-6H3;/q3*-1;+3. The molecule has 0 aromatic rings. The Bertz CT molecular complexity index is 653. The van der Waals surface area contributed by atoms with Gasteiger partial charge in [0.1, 0.15) is 0 Å². The van der Waals surface area contributed by atoms with E-state index in [9.17, 15) is 0 Å². The molecule has 0 fully saturated rings. The molecule has 0 unspecified atom stereocenters. The Morgan fingerprint density at radius 1 is 0.567 bits per heavy atom. The van der Waals surface area contributed by atoms with Crippen LogP contribution in [0.1, 0.15) is 69.2 Å². The first-order valence-corrected chi connectivity index (χ1v) is 18.2. The molecule has 0 saturated heterocycles. The molecule has 0 atom stereocenters. The molecule has 0 N–H and O–H groups in total.